The Balaban J connectivity index is 2.60. The highest BCUT2D eigenvalue weighted by Gasteiger charge is 2.41. The minimum atomic E-state index is -1.55. The summed E-state index contributed by atoms with van der Waals surface area (Å²) in [6.07, 6.45) is 0. The monoisotopic (exact) mass is 252 g/mol. The van der Waals surface area contributed by atoms with Crippen molar-refractivity contribution in [2.24, 2.45) is 5.73 Å². The number of para-hydroxylation sites is 1. The lowest BCUT2D eigenvalue weighted by Crippen LogP contribution is -2.46. The number of ether oxygens (including phenoxy) is 1. The van der Waals surface area contributed by atoms with Gasteiger partial charge in [0.15, 0.2) is 0 Å². The van der Waals surface area contributed by atoms with Crippen LogP contribution in [0.4, 0.5) is 0 Å². The van der Waals surface area contributed by atoms with Crippen molar-refractivity contribution in [3.63, 3.8) is 0 Å². The molecule has 0 fully saturated rings. The fraction of sp³-hybridized carbons (Fsp3) is 0.273. The first-order valence-electron chi connectivity index (χ1n) is 4.96. The summed E-state index contributed by atoms with van der Waals surface area (Å²) in [5, 5.41) is 9.74. The second-order valence-electron chi connectivity index (χ2n) is 3.54. The van der Waals surface area contributed by atoms with Gasteiger partial charge >= 0.3 is 0 Å². The van der Waals surface area contributed by atoms with Crippen molar-refractivity contribution in [1.29, 1.82) is 0 Å². The molecule has 0 saturated heterocycles. The lowest BCUT2D eigenvalue weighted by atomic mass is 10.1. The molecule has 2 rings (SSSR count). The topological polar surface area (TPSA) is 85.4 Å². The van der Waals surface area contributed by atoms with E-state index < -0.39 is 18.1 Å². The Labute approximate surface area is 102 Å². The van der Waals surface area contributed by atoms with Crippen molar-refractivity contribution < 1.29 is 14.6 Å². The Kier molecular flexibility index (Phi) is 3.10. The summed E-state index contributed by atoms with van der Waals surface area (Å²) in [6.45, 7) is -0.529. The van der Waals surface area contributed by atoms with Crippen molar-refractivity contribution in [2.45, 2.75) is 5.60 Å². The molecule has 1 unspecified atom stereocenters. The first-order valence-corrected chi connectivity index (χ1v) is 5.77. The van der Waals surface area contributed by atoms with Crippen LogP contribution >= 0.6 is 11.3 Å². The zero-order valence-electron chi connectivity index (χ0n) is 9.21. The lowest BCUT2D eigenvalue weighted by Gasteiger charge is -2.23. The highest BCUT2D eigenvalue weighted by Crippen LogP contribution is 2.32. The summed E-state index contributed by atoms with van der Waals surface area (Å²) in [5.41, 5.74) is 4.49. The highest BCUT2D eigenvalue weighted by molar-refractivity contribution is 7.18. The summed E-state index contributed by atoms with van der Waals surface area (Å²) in [5.74, 6) is -0.749. The number of carbonyl (C=O) groups excluding carboxylic acids is 1. The molecule has 1 amide bonds. The summed E-state index contributed by atoms with van der Waals surface area (Å²) in [4.78, 5) is 15.7. The fourth-order valence-electron chi connectivity index (χ4n) is 1.55. The van der Waals surface area contributed by atoms with Crippen LogP contribution in [0.2, 0.25) is 0 Å². The summed E-state index contributed by atoms with van der Waals surface area (Å²) in [7, 11) is 1.33. The van der Waals surface area contributed by atoms with Crippen LogP contribution in [-0.2, 0) is 15.1 Å². The number of methoxy groups -OCH3 is 1. The quantitative estimate of drug-likeness (QED) is 0.835. The largest absolute Gasteiger partial charge is 0.392 e. The Bertz CT molecular complexity index is 515. The standard InChI is InChI=1S/C11H12N2O3S/c1-16-11(6-14,9(12)15)10-13-7-4-2-3-5-8(7)17-10/h2-5,14H,6H2,1H3,(H2,12,15). The zero-order chi connectivity index (χ0) is 12.5. The zero-order valence-corrected chi connectivity index (χ0v) is 10.0. The van der Waals surface area contributed by atoms with E-state index in [1.165, 1.54) is 18.4 Å². The van der Waals surface area contributed by atoms with E-state index in [4.69, 9.17) is 10.5 Å². The van der Waals surface area contributed by atoms with Gasteiger partial charge in [-0.15, -0.1) is 11.3 Å². The number of hydrogen-bond donors (Lipinski definition) is 2. The number of carbonyl (C=O) groups is 1. The van der Waals surface area contributed by atoms with Crippen molar-refractivity contribution in [3.8, 4) is 0 Å². The minimum absolute atomic E-state index is 0.371. The van der Waals surface area contributed by atoms with Crippen LogP contribution in [0.25, 0.3) is 10.2 Å². The molecule has 1 heterocycles. The van der Waals surface area contributed by atoms with E-state index in [-0.39, 0.29) is 0 Å². The molecular formula is C11H12N2O3S. The predicted octanol–water partition coefficient (Wildman–Crippen LogP) is 0.616. The van der Waals surface area contributed by atoms with Crippen molar-refractivity contribution >= 4 is 27.5 Å². The molecule has 17 heavy (non-hydrogen) atoms. The number of thiazole rings is 1. The van der Waals surface area contributed by atoms with E-state index in [0.717, 1.165) is 10.2 Å². The van der Waals surface area contributed by atoms with Crippen LogP contribution in [0, 0.1) is 0 Å². The Morgan fingerprint density at radius 1 is 1.59 bits per heavy atom. The van der Waals surface area contributed by atoms with Gasteiger partial charge in [0.1, 0.15) is 5.01 Å². The minimum Gasteiger partial charge on any atom is -0.392 e. The van der Waals surface area contributed by atoms with Crippen LogP contribution in [0.15, 0.2) is 24.3 Å². The second-order valence-corrected chi connectivity index (χ2v) is 4.57. The number of primary amides is 1. The number of aromatic nitrogens is 1. The molecule has 3 N–H and O–H groups in total. The Hall–Kier alpha value is -1.50. The van der Waals surface area contributed by atoms with E-state index in [1.807, 2.05) is 24.3 Å². The molecule has 0 aliphatic rings. The van der Waals surface area contributed by atoms with E-state index in [9.17, 15) is 9.90 Å². The fourth-order valence-corrected chi connectivity index (χ4v) is 2.68. The SMILES string of the molecule is COC(CO)(C(N)=O)c1nc2ccccc2s1. The van der Waals surface area contributed by atoms with Crippen molar-refractivity contribution in [1.82, 2.24) is 4.98 Å². The average molecular weight is 252 g/mol. The maximum Gasteiger partial charge on any atom is 0.259 e. The first-order chi connectivity index (χ1) is 8.14. The van der Waals surface area contributed by atoms with Gasteiger partial charge in [-0.2, -0.15) is 0 Å². The summed E-state index contributed by atoms with van der Waals surface area (Å²) in [6, 6.07) is 7.44. The number of aliphatic hydroxyl groups is 1. The van der Waals surface area contributed by atoms with Gasteiger partial charge in [0.2, 0.25) is 5.60 Å². The van der Waals surface area contributed by atoms with Crippen LogP contribution < -0.4 is 5.73 Å². The van der Waals surface area contributed by atoms with Gasteiger partial charge in [-0.25, -0.2) is 4.98 Å². The van der Waals surface area contributed by atoms with Gasteiger partial charge in [-0.3, -0.25) is 4.79 Å². The molecule has 1 atom stereocenters. The van der Waals surface area contributed by atoms with Crippen molar-refractivity contribution in [2.75, 3.05) is 13.7 Å². The number of nitrogens with two attached hydrogens (primary N) is 1. The van der Waals surface area contributed by atoms with Gasteiger partial charge < -0.3 is 15.6 Å². The maximum atomic E-state index is 11.5. The van der Waals surface area contributed by atoms with Crippen LogP contribution in [0.1, 0.15) is 5.01 Å². The van der Waals surface area contributed by atoms with Gasteiger partial charge in [-0.1, -0.05) is 12.1 Å². The van der Waals surface area contributed by atoms with Crippen LogP contribution in [-0.4, -0.2) is 29.7 Å². The smallest absolute Gasteiger partial charge is 0.259 e. The molecule has 0 spiro atoms. The number of hydrogen-bond acceptors (Lipinski definition) is 5. The Morgan fingerprint density at radius 2 is 2.29 bits per heavy atom. The second kappa shape index (κ2) is 4.40. The van der Waals surface area contributed by atoms with Crippen molar-refractivity contribution in [3.05, 3.63) is 29.3 Å². The number of fused-ring (bicyclic) bond motifs is 1. The van der Waals surface area contributed by atoms with Gasteiger partial charge in [-0.05, 0) is 12.1 Å². The molecule has 0 aliphatic carbocycles. The molecule has 90 valence electrons. The van der Waals surface area contributed by atoms with E-state index in [2.05, 4.69) is 4.98 Å². The van der Waals surface area contributed by atoms with E-state index >= 15 is 0 Å². The summed E-state index contributed by atoms with van der Waals surface area (Å²) >= 11 is 1.28. The van der Waals surface area contributed by atoms with Gasteiger partial charge in [0, 0.05) is 7.11 Å². The molecule has 1 aromatic heterocycles. The molecule has 0 saturated carbocycles. The maximum absolute atomic E-state index is 11.5. The van der Waals surface area contributed by atoms with E-state index in [0.29, 0.717) is 5.01 Å². The van der Waals surface area contributed by atoms with Crippen LogP contribution in [0.3, 0.4) is 0 Å². The number of nitrogens with zero attached hydrogens (tertiary/aromatic N) is 1. The number of amides is 1. The van der Waals surface area contributed by atoms with Gasteiger partial charge in [0.05, 0.1) is 16.8 Å². The number of benzene rings is 1. The lowest BCUT2D eigenvalue weighted by molar-refractivity contribution is -0.146. The van der Waals surface area contributed by atoms with Crippen LogP contribution in [0.5, 0.6) is 0 Å². The molecular weight excluding hydrogens is 240 g/mol. The molecule has 1 aromatic carbocycles. The van der Waals surface area contributed by atoms with E-state index in [1.54, 1.807) is 0 Å². The number of aliphatic hydroxyl groups excluding tert-OH is 1. The molecule has 0 aliphatic heterocycles. The Morgan fingerprint density at radius 3 is 2.82 bits per heavy atom. The normalized spacial score (nSPS) is 14.7. The highest BCUT2D eigenvalue weighted by atomic mass is 32.1. The third-order valence-electron chi connectivity index (χ3n) is 2.61. The number of rotatable bonds is 4. The van der Waals surface area contributed by atoms with Gasteiger partial charge in [0.25, 0.3) is 5.91 Å². The summed E-state index contributed by atoms with van der Waals surface area (Å²) < 4.78 is 6.00. The third-order valence-corrected chi connectivity index (χ3v) is 3.79. The predicted molar refractivity (Wildman–Crippen MR) is 64.6 cm³/mol. The first kappa shape index (κ1) is 12.0. The molecule has 0 radical (unpaired) electrons. The molecule has 5 nitrogen and oxygen atoms in total. The average Bonchev–Trinajstić information content (AvgIpc) is 2.74. The third kappa shape index (κ3) is 1.80. The molecule has 0 bridgehead atoms. The molecule has 6 heteroatoms. The molecule has 2 aromatic rings.